The second kappa shape index (κ2) is 7.67. The fourth-order valence-corrected chi connectivity index (χ4v) is 3.63. The maximum absolute atomic E-state index is 12.2. The molecule has 3 aromatic rings. The van der Waals surface area contributed by atoms with E-state index in [1.807, 2.05) is 11.4 Å². The zero-order valence-electron chi connectivity index (χ0n) is 14.5. The molecule has 138 valence electrons. The van der Waals surface area contributed by atoms with Crippen molar-refractivity contribution in [1.82, 2.24) is 25.5 Å². The van der Waals surface area contributed by atoms with E-state index < -0.39 is 0 Å². The van der Waals surface area contributed by atoms with Crippen LogP contribution in [0.2, 0.25) is 0 Å². The van der Waals surface area contributed by atoms with Gasteiger partial charge in [0, 0.05) is 11.7 Å². The molecule has 1 aliphatic rings. The first-order valence-electron chi connectivity index (χ1n) is 8.75. The summed E-state index contributed by atoms with van der Waals surface area (Å²) in [5.41, 5.74) is 1.31. The summed E-state index contributed by atoms with van der Waals surface area (Å²) in [5, 5.41) is 19.6. The van der Waals surface area contributed by atoms with Crippen LogP contribution in [-0.2, 0) is 0 Å². The van der Waals surface area contributed by atoms with Crippen molar-refractivity contribution in [3.63, 3.8) is 0 Å². The Kier molecular flexibility index (Phi) is 4.93. The number of hydrogen-bond donors (Lipinski definition) is 2. The van der Waals surface area contributed by atoms with E-state index in [4.69, 9.17) is 0 Å². The quantitative estimate of drug-likeness (QED) is 0.706. The average molecular weight is 382 g/mol. The third-order valence-corrected chi connectivity index (χ3v) is 5.28. The highest BCUT2D eigenvalue weighted by Crippen LogP contribution is 2.18. The van der Waals surface area contributed by atoms with Crippen molar-refractivity contribution in [3.05, 3.63) is 52.5 Å². The number of carbonyl (C=O) groups excluding carboxylic acids is 2. The molecule has 2 aromatic heterocycles. The van der Waals surface area contributed by atoms with Crippen LogP contribution in [0.1, 0.15) is 46.0 Å². The molecule has 0 atom stereocenters. The predicted octanol–water partition coefficient (Wildman–Crippen LogP) is 2.65. The van der Waals surface area contributed by atoms with Gasteiger partial charge in [-0.05, 0) is 53.8 Å². The summed E-state index contributed by atoms with van der Waals surface area (Å²) in [5.74, 6) is -0.396. The summed E-state index contributed by atoms with van der Waals surface area (Å²) >= 11 is 1.38. The molecule has 27 heavy (non-hydrogen) atoms. The summed E-state index contributed by atoms with van der Waals surface area (Å²) in [4.78, 5) is 26.2. The summed E-state index contributed by atoms with van der Waals surface area (Å²) in [6.45, 7) is 0. The number of thiophene rings is 1. The molecule has 1 saturated carbocycles. The fourth-order valence-electron chi connectivity index (χ4n) is 3.01. The molecule has 0 bridgehead atoms. The molecule has 2 heterocycles. The van der Waals surface area contributed by atoms with Crippen LogP contribution in [0.3, 0.4) is 0 Å². The van der Waals surface area contributed by atoms with Gasteiger partial charge in [0.1, 0.15) is 0 Å². The monoisotopic (exact) mass is 382 g/mol. The number of nitrogens with zero attached hydrogens (tertiary/aromatic N) is 4. The van der Waals surface area contributed by atoms with Gasteiger partial charge in [-0.3, -0.25) is 9.59 Å². The molecular weight excluding hydrogens is 364 g/mol. The van der Waals surface area contributed by atoms with Crippen LogP contribution in [0.15, 0.2) is 41.8 Å². The number of hydrogen-bond acceptors (Lipinski definition) is 6. The molecular formula is C18H18N6O2S. The van der Waals surface area contributed by atoms with Gasteiger partial charge in [-0.1, -0.05) is 18.9 Å². The number of benzene rings is 1. The minimum atomic E-state index is -0.298. The summed E-state index contributed by atoms with van der Waals surface area (Å²) in [7, 11) is 0. The van der Waals surface area contributed by atoms with E-state index in [9.17, 15) is 9.59 Å². The zero-order chi connectivity index (χ0) is 18.6. The largest absolute Gasteiger partial charge is 0.346 e. The van der Waals surface area contributed by atoms with E-state index >= 15 is 0 Å². The highest BCUT2D eigenvalue weighted by molar-refractivity contribution is 7.12. The first kappa shape index (κ1) is 17.3. The molecule has 4 rings (SSSR count). The van der Waals surface area contributed by atoms with Gasteiger partial charge in [-0.2, -0.15) is 0 Å². The van der Waals surface area contributed by atoms with Gasteiger partial charge in [0.2, 0.25) is 0 Å². The molecule has 0 unspecified atom stereocenters. The number of nitrogens with one attached hydrogen (secondary N) is 2. The van der Waals surface area contributed by atoms with Gasteiger partial charge < -0.3 is 10.6 Å². The maximum atomic E-state index is 12.2. The van der Waals surface area contributed by atoms with Gasteiger partial charge in [-0.15, -0.1) is 26.3 Å². The van der Waals surface area contributed by atoms with Crippen LogP contribution in [0, 0.1) is 0 Å². The lowest BCUT2D eigenvalue weighted by atomic mass is 10.2. The minimum Gasteiger partial charge on any atom is -0.346 e. The molecule has 8 nitrogen and oxygen atoms in total. The van der Waals surface area contributed by atoms with Crippen molar-refractivity contribution in [2.24, 2.45) is 0 Å². The Balaban J connectivity index is 1.41. The van der Waals surface area contributed by atoms with E-state index in [0.29, 0.717) is 16.3 Å². The molecule has 0 radical (unpaired) electrons. The van der Waals surface area contributed by atoms with Gasteiger partial charge in [0.15, 0.2) is 0 Å². The molecule has 0 spiro atoms. The van der Waals surface area contributed by atoms with Gasteiger partial charge in [0.25, 0.3) is 17.6 Å². The second-order valence-corrected chi connectivity index (χ2v) is 7.28. The third-order valence-electron chi connectivity index (χ3n) is 4.41. The van der Waals surface area contributed by atoms with Gasteiger partial charge in [0.05, 0.1) is 10.6 Å². The van der Waals surface area contributed by atoms with Crippen LogP contribution in [0.5, 0.6) is 0 Å². The van der Waals surface area contributed by atoms with Crippen molar-refractivity contribution in [3.8, 4) is 5.69 Å². The van der Waals surface area contributed by atoms with Crippen molar-refractivity contribution in [2.75, 3.05) is 5.32 Å². The topological polar surface area (TPSA) is 102 Å². The Hall–Kier alpha value is -3.07. The maximum Gasteiger partial charge on any atom is 0.293 e. The molecule has 9 heteroatoms. The van der Waals surface area contributed by atoms with E-state index in [1.54, 1.807) is 30.3 Å². The first-order chi connectivity index (χ1) is 13.2. The average Bonchev–Trinajstić information content (AvgIpc) is 3.44. The van der Waals surface area contributed by atoms with Gasteiger partial charge in [-0.25, -0.2) is 0 Å². The molecule has 1 fully saturated rings. The van der Waals surface area contributed by atoms with E-state index in [-0.39, 0.29) is 23.7 Å². The number of carbonyl (C=O) groups is 2. The van der Waals surface area contributed by atoms with Gasteiger partial charge >= 0.3 is 0 Å². The lowest BCUT2D eigenvalue weighted by Gasteiger charge is -2.08. The second-order valence-electron chi connectivity index (χ2n) is 6.34. The molecule has 2 amide bonds. The predicted molar refractivity (Wildman–Crippen MR) is 101 cm³/mol. The Labute approximate surface area is 159 Å². The molecule has 0 aliphatic heterocycles. The number of rotatable bonds is 5. The van der Waals surface area contributed by atoms with E-state index in [0.717, 1.165) is 25.7 Å². The molecule has 1 aromatic carbocycles. The summed E-state index contributed by atoms with van der Waals surface area (Å²) < 4.78 is 0. The first-order valence-corrected chi connectivity index (χ1v) is 9.63. The third kappa shape index (κ3) is 4.03. The van der Waals surface area contributed by atoms with E-state index in [1.165, 1.54) is 16.1 Å². The molecule has 0 saturated heterocycles. The lowest BCUT2D eigenvalue weighted by Crippen LogP contribution is -2.33. The van der Waals surface area contributed by atoms with Crippen LogP contribution in [0.25, 0.3) is 5.69 Å². The highest BCUT2D eigenvalue weighted by atomic mass is 32.1. The number of anilines is 1. The van der Waals surface area contributed by atoms with Crippen molar-refractivity contribution in [2.45, 2.75) is 31.7 Å². The summed E-state index contributed by atoms with van der Waals surface area (Å²) in [6, 6.07) is 10.8. The van der Waals surface area contributed by atoms with Crippen LogP contribution in [-0.4, -0.2) is 38.1 Å². The Morgan fingerprint density at radius 2 is 1.85 bits per heavy atom. The Morgan fingerprint density at radius 3 is 2.56 bits per heavy atom. The Morgan fingerprint density at radius 1 is 1.07 bits per heavy atom. The highest BCUT2D eigenvalue weighted by Gasteiger charge is 2.21. The molecule has 1 aliphatic carbocycles. The summed E-state index contributed by atoms with van der Waals surface area (Å²) in [6.07, 6.45) is 4.28. The van der Waals surface area contributed by atoms with Crippen molar-refractivity contribution >= 4 is 28.8 Å². The van der Waals surface area contributed by atoms with Crippen LogP contribution >= 0.6 is 11.3 Å². The minimum absolute atomic E-state index is 0.0528. The SMILES string of the molecule is O=C(NC1CCCC1)c1nnn(-c2ccc(NC(=O)c3cccs3)cc2)n1. The number of amides is 2. The van der Waals surface area contributed by atoms with Crippen LogP contribution < -0.4 is 10.6 Å². The molecule has 2 N–H and O–H groups in total. The normalized spacial score (nSPS) is 14.2. The zero-order valence-corrected chi connectivity index (χ0v) is 15.3. The lowest BCUT2D eigenvalue weighted by molar-refractivity contribution is 0.0926. The number of aromatic nitrogens is 4. The van der Waals surface area contributed by atoms with Crippen LogP contribution in [0.4, 0.5) is 5.69 Å². The number of tetrazole rings is 1. The Bertz CT molecular complexity index is 929. The van der Waals surface area contributed by atoms with Crippen molar-refractivity contribution in [1.29, 1.82) is 0 Å². The standard InChI is InChI=1S/C18H18N6O2S/c25-17(15-6-3-11-27-15)19-13-7-9-14(10-8-13)24-22-16(21-23-24)18(26)20-12-4-1-2-5-12/h3,6-12H,1-2,4-5H2,(H,19,25)(H,20,26). The van der Waals surface area contributed by atoms with Crippen molar-refractivity contribution < 1.29 is 9.59 Å². The fraction of sp³-hybridized carbons (Fsp3) is 0.278. The van der Waals surface area contributed by atoms with E-state index in [2.05, 4.69) is 26.0 Å². The smallest absolute Gasteiger partial charge is 0.293 e.